The van der Waals surface area contributed by atoms with Gasteiger partial charge in [-0.3, -0.25) is 4.68 Å². The predicted octanol–water partition coefficient (Wildman–Crippen LogP) is 3.05. The lowest BCUT2D eigenvalue weighted by atomic mass is 9.97. The SMILES string of the molecule is Cn1cc(Nc2ncnc3sc4c(c23)CCCC4)cn1. The number of fused-ring (bicyclic) bond motifs is 3. The summed E-state index contributed by atoms with van der Waals surface area (Å²) in [6.45, 7) is 0. The van der Waals surface area contributed by atoms with Gasteiger partial charge in [-0.15, -0.1) is 11.3 Å². The highest BCUT2D eigenvalue weighted by Gasteiger charge is 2.19. The fraction of sp³-hybridized carbons (Fsp3) is 0.357. The largest absolute Gasteiger partial charge is 0.337 e. The number of aromatic nitrogens is 4. The van der Waals surface area contributed by atoms with Gasteiger partial charge < -0.3 is 5.32 Å². The molecule has 1 N–H and O–H groups in total. The Labute approximate surface area is 120 Å². The summed E-state index contributed by atoms with van der Waals surface area (Å²) >= 11 is 1.82. The summed E-state index contributed by atoms with van der Waals surface area (Å²) in [5.41, 5.74) is 2.41. The average molecular weight is 285 g/mol. The molecule has 0 bridgehead atoms. The quantitative estimate of drug-likeness (QED) is 0.786. The van der Waals surface area contributed by atoms with Gasteiger partial charge in [-0.25, -0.2) is 9.97 Å². The van der Waals surface area contributed by atoms with Crippen molar-refractivity contribution in [3.8, 4) is 0 Å². The number of aryl methyl sites for hydroxylation is 3. The Balaban J connectivity index is 1.84. The minimum Gasteiger partial charge on any atom is -0.337 e. The van der Waals surface area contributed by atoms with Gasteiger partial charge in [-0.1, -0.05) is 0 Å². The molecule has 0 aliphatic heterocycles. The molecule has 0 atom stereocenters. The molecular formula is C14H15N5S. The van der Waals surface area contributed by atoms with E-state index in [2.05, 4.69) is 20.4 Å². The molecular weight excluding hydrogens is 270 g/mol. The van der Waals surface area contributed by atoms with Crippen LogP contribution in [0.15, 0.2) is 18.7 Å². The highest BCUT2D eigenvalue weighted by Crippen LogP contribution is 2.38. The number of nitrogens with zero attached hydrogens (tertiary/aromatic N) is 4. The Hall–Kier alpha value is -1.95. The zero-order chi connectivity index (χ0) is 13.5. The van der Waals surface area contributed by atoms with Crippen molar-refractivity contribution in [2.75, 3.05) is 5.32 Å². The maximum atomic E-state index is 4.44. The van der Waals surface area contributed by atoms with Crippen molar-refractivity contribution in [2.45, 2.75) is 25.7 Å². The van der Waals surface area contributed by atoms with Crippen molar-refractivity contribution in [1.29, 1.82) is 0 Å². The van der Waals surface area contributed by atoms with Gasteiger partial charge in [0.25, 0.3) is 0 Å². The van der Waals surface area contributed by atoms with Crippen LogP contribution in [-0.2, 0) is 19.9 Å². The highest BCUT2D eigenvalue weighted by atomic mass is 32.1. The molecule has 4 rings (SSSR count). The average Bonchev–Trinajstić information content (AvgIpc) is 3.02. The molecule has 0 saturated heterocycles. The molecule has 0 aromatic carbocycles. The third-order valence-electron chi connectivity index (χ3n) is 3.72. The maximum absolute atomic E-state index is 4.44. The predicted molar refractivity (Wildman–Crippen MR) is 80.5 cm³/mol. The molecule has 20 heavy (non-hydrogen) atoms. The molecule has 6 heteroatoms. The summed E-state index contributed by atoms with van der Waals surface area (Å²) in [5.74, 6) is 0.905. The Morgan fingerprint density at radius 3 is 3.00 bits per heavy atom. The van der Waals surface area contributed by atoms with Gasteiger partial charge in [0.15, 0.2) is 0 Å². The van der Waals surface area contributed by atoms with Gasteiger partial charge in [0, 0.05) is 18.1 Å². The molecule has 0 unspecified atom stereocenters. The molecule has 102 valence electrons. The summed E-state index contributed by atoms with van der Waals surface area (Å²) < 4.78 is 1.78. The third kappa shape index (κ3) is 1.87. The molecule has 0 spiro atoms. The molecule has 1 aliphatic rings. The topological polar surface area (TPSA) is 55.6 Å². The van der Waals surface area contributed by atoms with Gasteiger partial charge in [0.1, 0.15) is 17.0 Å². The Kier molecular flexibility index (Phi) is 2.70. The van der Waals surface area contributed by atoms with Crippen molar-refractivity contribution in [3.63, 3.8) is 0 Å². The van der Waals surface area contributed by atoms with E-state index in [0.717, 1.165) is 22.8 Å². The summed E-state index contributed by atoms with van der Waals surface area (Å²) in [6.07, 6.45) is 10.3. The van der Waals surface area contributed by atoms with Crippen LogP contribution < -0.4 is 5.32 Å². The number of hydrogen-bond acceptors (Lipinski definition) is 5. The van der Waals surface area contributed by atoms with Gasteiger partial charge in [0.05, 0.1) is 17.3 Å². The van der Waals surface area contributed by atoms with E-state index in [1.807, 2.05) is 30.8 Å². The van der Waals surface area contributed by atoms with Crippen LogP contribution in [0.4, 0.5) is 11.5 Å². The summed E-state index contributed by atoms with van der Waals surface area (Å²) in [4.78, 5) is 11.5. The molecule has 1 aliphatic carbocycles. The van der Waals surface area contributed by atoms with Crippen LogP contribution in [0.2, 0.25) is 0 Å². The van der Waals surface area contributed by atoms with Gasteiger partial charge >= 0.3 is 0 Å². The van der Waals surface area contributed by atoms with E-state index >= 15 is 0 Å². The fourth-order valence-corrected chi connectivity index (χ4v) is 4.04. The number of nitrogens with one attached hydrogen (secondary N) is 1. The van der Waals surface area contributed by atoms with Gasteiger partial charge in [-0.05, 0) is 31.2 Å². The van der Waals surface area contributed by atoms with Crippen LogP contribution in [0.1, 0.15) is 23.3 Å². The van der Waals surface area contributed by atoms with E-state index in [1.54, 1.807) is 11.0 Å². The fourth-order valence-electron chi connectivity index (χ4n) is 2.81. The van der Waals surface area contributed by atoms with E-state index in [-0.39, 0.29) is 0 Å². The normalized spacial score (nSPS) is 14.4. The number of rotatable bonds is 2. The lowest BCUT2D eigenvalue weighted by molar-refractivity contribution is 0.700. The highest BCUT2D eigenvalue weighted by molar-refractivity contribution is 7.19. The van der Waals surface area contributed by atoms with Gasteiger partial charge in [0.2, 0.25) is 0 Å². The number of hydrogen-bond donors (Lipinski definition) is 1. The van der Waals surface area contributed by atoms with Crippen LogP contribution in [-0.4, -0.2) is 19.7 Å². The summed E-state index contributed by atoms with van der Waals surface area (Å²) in [5, 5.41) is 8.76. The molecule has 0 amide bonds. The van der Waals surface area contributed by atoms with E-state index in [9.17, 15) is 0 Å². The second-order valence-electron chi connectivity index (χ2n) is 5.14. The molecule has 3 aromatic rings. The summed E-state index contributed by atoms with van der Waals surface area (Å²) in [6, 6.07) is 0. The van der Waals surface area contributed by atoms with E-state index in [4.69, 9.17) is 0 Å². The maximum Gasteiger partial charge on any atom is 0.142 e. The smallest absolute Gasteiger partial charge is 0.142 e. The van der Waals surface area contributed by atoms with Crippen molar-refractivity contribution >= 4 is 33.1 Å². The lowest BCUT2D eigenvalue weighted by Crippen LogP contribution is -2.00. The molecule has 5 nitrogen and oxygen atoms in total. The van der Waals surface area contributed by atoms with E-state index in [0.29, 0.717) is 0 Å². The molecule has 3 aromatic heterocycles. The van der Waals surface area contributed by atoms with Crippen LogP contribution in [0.5, 0.6) is 0 Å². The van der Waals surface area contributed by atoms with Crippen molar-refractivity contribution < 1.29 is 0 Å². The molecule has 0 fully saturated rings. The zero-order valence-electron chi connectivity index (χ0n) is 11.3. The second kappa shape index (κ2) is 4.56. The first-order valence-electron chi connectivity index (χ1n) is 6.82. The van der Waals surface area contributed by atoms with Crippen LogP contribution in [0, 0.1) is 0 Å². The van der Waals surface area contributed by atoms with Crippen molar-refractivity contribution in [3.05, 3.63) is 29.2 Å². The van der Waals surface area contributed by atoms with E-state index < -0.39 is 0 Å². The summed E-state index contributed by atoms with van der Waals surface area (Å²) in [7, 11) is 1.91. The Morgan fingerprint density at radius 1 is 1.25 bits per heavy atom. The minimum atomic E-state index is 0.905. The molecule has 3 heterocycles. The van der Waals surface area contributed by atoms with Crippen LogP contribution in [0.3, 0.4) is 0 Å². The van der Waals surface area contributed by atoms with Crippen molar-refractivity contribution in [2.24, 2.45) is 7.05 Å². The minimum absolute atomic E-state index is 0.905. The van der Waals surface area contributed by atoms with E-state index in [1.165, 1.54) is 35.1 Å². The monoisotopic (exact) mass is 285 g/mol. The van der Waals surface area contributed by atoms with Gasteiger partial charge in [-0.2, -0.15) is 5.10 Å². The Morgan fingerprint density at radius 2 is 2.15 bits per heavy atom. The van der Waals surface area contributed by atoms with Crippen LogP contribution >= 0.6 is 11.3 Å². The van der Waals surface area contributed by atoms with Crippen molar-refractivity contribution in [1.82, 2.24) is 19.7 Å². The molecule has 0 saturated carbocycles. The Bertz CT molecular complexity index is 773. The standard InChI is InChI=1S/C14H15N5S/c1-19-7-9(6-17-19)18-13-12-10-4-2-3-5-11(10)20-14(12)16-8-15-13/h6-8H,2-5H2,1H3,(H,15,16,18). The second-order valence-corrected chi connectivity index (χ2v) is 6.22. The number of thiophene rings is 1. The molecule has 0 radical (unpaired) electrons. The first-order valence-corrected chi connectivity index (χ1v) is 7.64. The first-order chi connectivity index (χ1) is 9.81. The zero-order valence-corrected chi connectivity index (χ0v) is 12.1. The van der Waals surface area contributed by atoms with Crippen LogP contribution in [0.25, 0.3) is 10.2 Å². The number of anilines is 2. The lowest BCUT2D eigenvalue weighted by Gasteiger charge is -2.11. The third-order valence-corrected chi connectivity index (χ3v) is 4.92. The first kappa shape index (κ1) is 11.8.